The summed E-state index contributed by atoms with van der Waals surface area (Å²) in [7, 11) is 3.02. The van der Waals surface area contributed by atoms with Gasteiger partial charge in [0.25, 0.3) is 0 Å². The van der Waals surface area contributed by atoms with Gasteiger partial charge in [0, 0.05) is 5.56 Å². The highest BCUT2D eigenvalue weighted by Crippen LogP contribution is 2.32. The van der Waals surface area contributed by atoms with Gasteiger partial charge >= 0.3 is 0 Å². The quantitative estimate of drug-likeness (QED) is 0.796. The van der Waals surface area contributed by atoms with Crippen LogP contribution in [0.2, 0.25) is 0 Å². The summed E-state index contributed by atoms with van der Waals surface area (Å²) in [5.41, 5.74) is 5.62. The molecule has 0 radical (unpaired) electrons. The minimum atomic E-state index is -0.921. The van der Waals surface area contributed by atoms with Crippen LogP contribution >= 0.6 is 11.6 Å². The number of rotatable bonds is 4. The SMILES string of the molecule is COc1ccc(OC)c(C(Cl)C(N)=O)c1. The molecule has 5 heteroatoms. The van der Waals surface area contributed by atoms with Crippen LogP contribution in [-0.4, -0.2) is 20.1 Å². The van der Waals surface area contributed by atoms with Crippen molar-refractivity contribution >= 4 is 17.5 Å². The van der Waals surface area contributed by atoms with Crippen molar-refractivity contribution in [3.63, 3.8) is 0 Å². The lowest BCUT2D eigenvalue weighted by atomic mass is 10.1. The molecule has 0 saturated heterocycles. The molecule has 0 aliphatic heterocycles. The van der Waals surface area contributed by atoms with E-state index < -0.39 is 11.3 Å². The lowest BCUT2D eigenvalue weighted by Gasteiger charge is -2.12. The van der Waals surface area contributed by atoms with Gasteiger partial charge in [-0.15, -0.1) is 11.6 Å². The van der Waals surface area contributed by atoms with E-state index in [0.29, 0.717) is 17.1 Å². The van der Waals surface area contributed by atoms with Crippen LogP contribution in [0.15, 0.2) is 18.2 Å². The maximum atomic E-state index is 11.0. The molecule has 1 amide bonds. The highest BCUT2D eigenvalue weighted by molar-refractivity contribution is 6.30. The Morgan fingerprint density at radius 1 is 1.40 bits per heavy atom. The van der Waals surface area contributed by atoms with Crippen molar-refractivity contribution in [2.75, 3.05) is 14.2 Å². The summed E-state index contributed by atoms with van der Waals surface area (Å²) in [6.07, 6.45) is 0. The van der Waals surface area contributed by atoms with Gasteiger partial charge < -0.3 is 15.2 Å². The molecule has 1 unspecified atom stereocenters. The molecule has 0 heterocycles. The van der Waals surface area contributed by atoms with E-state index in [2.05, 4.69) is 0 Å². The summed E-state index contributed by atoms with van der Waals surface area (Å²) in [6.45, 7) is 0. The number of benzene rings is 1. The first-order chi connectivity index (χ1) is 7.10. The molecule has 4 nitrogen and oxygen atoms in total. The molecule has 0 aliphatic carbocycles. The summed E-state index contributed by atoms with van der Waals surface area (Å²) < 4.78 is 10.1. The Labute approximate surface area is 92.9 Å². The maximum Gasteiger partial charge on any atom is 0.240 e. The Bertz CT molecular complexity index is 368. The average Bonchev–Trinajstić information content (AvgIpc) is 2.27. The third kappa shape index (κ3) is 2.53. The van der Waals surface area contributed by atoms with Crippen LogP contribution in [0, 0.1) is 0 Å². The van der Waals surface area contributed by atoms with E-state index in [1.165, 1.54) is 14.2 Å². The van der Waals surface area contributed by atoms with Crippen molar-refractivity contribution < 1.29 is 14.3 Å². The second-order valence-electron chi connectivity index (χ2n) is 2.87. The number of methoxy groups -OCH3 is 2. The highest BCUT2D eigenvalue weighted by atomic mass is 35.5. The zero-order valence-corrected chi connectivity index (χ0v) is 9.25. The first-order valence-electron chi connectivity index (χ1n) is 4.25. The zero-order valence-electron chi connectivity index (χ0n) is 8.49. The van der Waals surface area contributed by atoms with Crippen LogP contribution in [0.25, 0.3) is 0 Å². The van der Waals surface area contributed by atoms with Gasteiger partial charge in [-0.1, -0.05) is 0 Å². The molecular formula is C10H12ClNO3. The average molecular weight is 230 g/mol. The second kappa shape index (κ2) is 4.89. The highest BCUT2D eigenvalue weighted by Gasteiger charge is 2.19. The van der Waals surface area contributed by atoms with Gasteiger partial charge in [0.2, 0.25) is 5.91 Å². The topological polar surface area (TPSA) is 61.6 Å². The van der Waals surface area contributed by atoms with Crippen molar-refractivity contribution in [3.8, 4) is 11.5 Å². The van der Waals surface area contributed by atoms with E-state index in [0.717, 1.165) is 0 Å². The Morgan fingerprint density at radius 2 is 2.07 bits per heavy atom. The van der Waals surface area contributed by atoms with Gasteiger partial charge in [-0.05, 0) is 18.2 Å². The van der Waals surface area contributed by atoms with Crippen molar-refractivity contribution in [1.82, 2.24) is 0 Å². The molecule has 0 aliphatic rings. The molecule has 0 saturated carbocycles. The minimum absolute atomic E-state index is 0.506. The molecule has 0 aromatic heterocycles. The van der Waals surface area contributed by atoms with E-state index in [-0.39, 0.29) is 0 Å². The molecule has 1 aromatic carbocycles. The van der Waals surface area contributed by atoms with Crippen LogP contribution in [0.5, 0.6) is 11.5 Å². The fourth-order valence-corrected chi connectivity index (χ4v) is 1.36. The van der Waals surface area contributed by atoms with Crippen LogP contribution in [0.4, 0.5) is 0 Å². The van der Waals surface area contributed by atoms with Crippen molar-refractivity contribution in [2.24, 2.45) is 5.73 Å². The molecule has 15 heavy (non-hydrogen) atoms. The number of alkyl halides is 1. The predicted molar refractivity (Wildman–Crippen MR) is 57.3 cm³/mol. The monoisotopic (exact) mass is 229 g/mol. The number of halogens is 1. The molecule has 0 bridgehead atoms. The molecule has 0 spiro atoms. The molecule has 0 fully saturated rings. The number of carbonyl (C=O) groups is 1. The summed E-state index contributed by atoms with van der Waals surface area (Å²) in [5, 5.41) is -0.921. The van der Waals surface area contributed by atoms with Gasteiger partial charge in [-0.3, -0.25) is 4.79 Å². The molecular weight excluding hydrogens is 218 g/mol. The summed E-state index contributed by atoms with van der Waals surface area (Å²) in [6, 6.07) is 5.01. The van der Waals surface area contributed by atoms with Gasteiger partial charge in [-0.2, -0.15) is 0 Å². The minimum Gasteiger partial charge on any atom is -0.497 e. The number of primary amides is 1. The Balaban J connectivity index is 3.16. The number of ether oxygens (including phenoxy) is 2. The van der Waals surface area contributed by atoms with Gasteiger partial charge in [-0.25, -0.2) is 0 Å². The third-order valence-electron chi connectivity index (χ3n) is 1.96. The van der Waals surface area contributed by atoms with Crippen LogP contribution < -0.4 is 15.2 Å². The molecule has 1 atom stereocenters. The predicted octanol–water partition coefficient (Wildman–Crippen LogP) is 1.47. The Hall–Kier alpha value is -1.42. The third-order valence-corrected chi connectivity index (χ3v) is 2.41. The Morgan fingerprint density at radius 3 is 2.53 bits per heavy atom. The van der Waals surface area contributed by atoms with E-state index in [4.69, 9.17) is 26.8 Å². The molecule has 82 valence electrons. The summed E-state index contributed by atoms with van der Waals surface area (Å²) in [5.74, 6) is 0.482. The lowest BCUT2D eigenvalue weighted by Crippen LogP contribution is -2.17. The normalized spacial score (nSPS) is 11.9. The standard InChI is InChI=1S/C10H12ClNO3/c1-14-6-3-4-8(15-2)7(5-6)9(11)10(12)13/h3-5,9H,1-2H3,(H2,12,13). The van der Waals surface area contributed by atoms with Crippen molar-refractivity contribution in [3.05, 3.63) is 23.8 Å². The largest absolute Gasteiger partial charge is 0.497 e. The first kappa shape index (κ1) is 11.7. The number of hydrogen-bond acceptors (Lipinski definition) is 3. The van der Waals surface area contributed by atoms with E-state index >= 15 is 0 Å². The smallest absolute Gasteiger partial charge is 0.240 e. The van der Waals surface area contributed by atoms with Crippen LogP contribution in [0.3, 0.4) is 0 Å². The van der Waals surface area contributed by atoms with E-state index in [9.17, 15) is 4.79 Å². The number of nitrogens with two attached hydrogens (primary N) is 1. The lowest BCUT2D eigenvalue weighted by molar-refractivity contribution is -0.117. The van der Waals surface area contributed by atoms with Crippen LogP contribution in [0.1, 0.15) is 10.9 Å². The van der Waals surface area contributed by atoms with Gasteiger partial charge in [0.15, 0.2) is 0 Å². The molecule has 1 aromatic rings. The fourth-order valence-electron chi connectivity index (χ4n) is 1.19. The number of hydrogen-bond donors (Lipinski definition) is 1. The first-order valence-corrected chi connectivity index (χ1v) is 4.69. The summed E-state index contributed by atoms with van der Waals surface area (Å²) in [4.78, 5) is 11.0. The zero-order chi connectivity index (χ0) is 11.4. The maximum absolute atomic E-state index is 11.0. The van der Waals surface area contributed by atoms with Gasteiger partial charge in [0.1, 0.15) is 16.9 Å². The second-order valence-corrected chi connectivity index (χ2v) is 3.31. The van der Waals surface area contributed by atoms with Crippen molar-refractivity contribution in [2.45, 2.75) is 5.38 Å². The van der Waals surface area contributed by atoms with Crippen LogP contribution in [-0.2, 0) is 4.79 Å². The summed E-state index contributed by atoms with van der Waals surface area (Å²) >= 11 is 5.84. The van der Waals surface area contributed by atoms with E-state index in [1.54, 1.807) is 18.2 Å². The fraction of sp³-hybridized carbons (Fsp3) is 0.300. The van der Waals surface area contributed by atoms with Gasteiger partial charge in [0.05, 0.1) is 14.2 Å². The molecule has 1 rings (SSSR count). The number of amides is 1. The molecule has 2 N–H and O–H groups in total. The van der Waals surface area contributed by atoms with E-state index in [1.807, 2.05) is 0 Å². The van der Waals surface area contributed by atoms with Crippen molar-refractivity contribution in [1.29, 1.82) is 0 Å². The number of carbonyl (C=O) groups excluding carboxylic acids is 1. The Kier molecular flexibility index (Phi) is 3.80.